The number of rotatable bonds is 12. The Kier molecular flexibility index (Phi) is 11.1. The van der Waals surface area contributed by atoms with Crippen LogP contribution in [0.2, 0.25) is 5.02 Å². The molecule has 1 fully saturated rings. The number of unbranched alkanes of at least 4 members (excludes halogenated alkanes) is 1. The van der Waals surface area contributed by atoms with Gasteiger partial charge in [-0.1, -0.05) is 60.1 Å². The number of carbonyl (C=O) groups excluding carboxylic acids is 3. The van der Waals surface area contributed by atoms with E-state index < -0.39 is 6.09 Å². The van der Waals surface area contributed by atoms with Crippen LogP contribution in [0.1, 0.15) is 53.1 Å². The van der Waals surface area contributed by atoms with Gasteiger partial charge >= 0.3 is 6.09 Å². The van der Waals surface area contributed by atoms with Gasteiger partial charge in [0.05, 0.1) is 5.69 Å². The summed E-state index contributed by atoms with van der Waals surface area (Å²) in [6, 6.07) is 22.8. The normalized spacial score (nSPS) is 15.3. The zero-order valence-electron chi connectivity index (χ0n) is 24.8. The van der Waals surface area contributed by atoms with Crippen LogP contribution < -0.4 is 20.3 Å². The topological polar surface area (TPSA) is 100 Å². The molecular weight excluding hydrogens is 580 g/mol. The largest absolute Gasteiger partial charge is 0.482 e. The number of hydrogen-bond donors (Lipinski definition) is 2. The minimum absolute atomic E-state index is 0.0204. The Labute approximate surface area is 263 Å². The van der Waals surface area contributed by atoms with Crippen molar-refractivity contribution in [1.82, 2.24) is 15.5 Å². The molecule has 0 atom stereocenters. The van der Waals surface area contributed by atoms with Crippen LogP contribution in [-0.4, -0.2) is 68.7 Å². The monoisotopic (exact) mass is 618 g/mol. The Morgan fingerprint density at radius 1 is 0.909 bits per heavy atom. The summed E-state index contributed by atoms with van der Waals surface area (Å²) in [5, 5.41) is 6.30. The molecule has 0 radical (unpaired) electrons. The number of benzene rings is 3. The van der Waals surface area contributed by atoms with E-state index >= 15 is 0 Å². The highest BCUT2D eigenvalue weighted by Gasteiger charge is 2.28. The second kappa shape index (κ2) is 15.6. The van der Waals surface area contributed by atoms with Crippen LogP contribution in [0.5, 0.6) is 5.75 Å². The molecule has 3 aromatic carbocycles. The van der Waals surface area contributed by atoms with Crippen molar-refractivity contribution < 1.29 is 23.9 Å². The molecule has 2 N–H and O–H groups in total. The van der Waals surface area contributed by atoms with Crippen LogP contribution in [0.15, 0.2) is 72.8 Å². The first-order chi connectivity index (χ1) is 21.5. The first-order valence-corrected chi connectivity index (χ1v) is 15.6. The molecule has 5 rings (SSSR count). The second-order valence-electron chi connectivity index (χ2n) is 11.1. The number of nitrogens with zero attached hydrogens (tertiary/aromatic N) is 2. The van der Waals surface area contributed by atoms with Crippen molar-refractivity contribution in [1.29, 1.82) is 0 Å². The molecule has 2 heterocycles. The van der Waals surface area contributed by atoms with Crippen LogP contribution in [0.25, 0.3) is 0 Å². The van der Waals surface area contributed by atoms with Gasteiger partial charge in [0.15, 0.2) is 6.61 Å². The number of fused-ring (bicyclic) bond motifs is 1. The average molecular weight is 619 g/mol. The maximum Gasteiger partial charge on any atom is 0.407 e. The smallest absolute Gasteiger partial charge is 0.407 e. The highest BCUT2D eigenvalue weighted by Crippen LogP contribution is 2.33. The summed E-state index contributed by atoms with van der Waals surface area (Å²) in [6.45, 7) is 4.42. The zero-order valence-corrected chi connectivity index (χ0v) is 25.6. The van der Waals surface area contributed by atoms with Crippen LogP contribution in [0.3, 0.4) is 0 Å². The fourth-order valence-electron chi connectivity index (χ4n) is 5.70. The van der Waals surface area contributed by atoms with Crippen molar-refractivity contribution in [3.63, 3.8) is 0 Å². The number of anilines is 1. The van der Waals surface area contributed by atoms with Gasteiger partial charge in [0.25, 0.3) is 11.8 Å². The summed E-state index contributed by atoms with van der Waals surface area (Å²) in [4.78, 5) is 41.8. The predicted octanol–water partition coefficient (Wildman–Crippen LogP) is 5.38. The third-order valence-electron chi connectivity index (χ3n) is 8.11. The van der Waals surface area contributed by atoms with Gasteiger partial charge in [-0.15, -0.1) is 0 Å². The Balaban J connectivity index is 1.04. The fourth-order valence-corrected chi connectivity index (χ4v) is 5.87. The second-order valence-corrected chi connectivity index (χ2v) is 11.5. The van der Waals surface area contributed by atoms with Crippen molar-refractivity contribution in [2.45, 2.75) is 38.2 Å². The number of hydrogen-bond acceptors (Lipinski definition) is 6. The summed E-state index contributed by atoms with van der Waals surface area (Å²) < 4.78 is 10.8. The summed E-state index contributed by atoms with van der Waals surface area (Å²) in [6.07, 6.45) is 2.81. The Bertz CT molecular complexity index is 1430. The van der Waals surface area contributed by atoms with Gasteiger partial charge in [-0.2, -0.15) is 0 Å². The highest BCUT2D eigenvalue weighted by atomic mass is 35.5. The molecule has 232 valence electrons. The fraction of sp³-hybridized carbons (Fsp3) is 0.382. The Morgan fingerprint density at radius 3 is 2.43 bits per heavy atom. The summed E-state index contributed by atoms with van der Waals surface area (Å²) in [5.41, 5.74) is 3.40. The molecular formula is C34H39ClN4O5. The van der Waals surface area contributed by atoms with Crippen molar-refractivity contribution >= 4 is 35.2 Å². The number of halogens is 1. The van der Waals surface area contributed by atoms with E-state index in [1.54, 1.807) is 6.07 Å². The number of alkyl carbamates (subject to hydrolysis) is 1. The number of likely N-dealkylation sites (tertiary alicyclic amines) is 1. The lowest BCUT2D eigenvalue weighted by Crippen LogP contribution is -2.45. The maximum atomic E-state index is 13.2. The minimum Gasteiger partial charge on any atom is -0.482 e. The van der Waals surface area contributed by atoms with Crippen molar-refractivity contribution in [2.24, 2.45) is 0 Å². The summed E-state index contributed by atoms with van der Waals surface area (Å²) in [5.74, 6) is 0.842. The first kappa shape index (κ1) is 31.3. The molecule has 1 saturated heterocycles. The molecule has 44 heavy (non-hydrogen) atoms. The van der Waals surface area contributed by atoms with Gasteiger partial charge in [0.1, 0.15) is 12.4 Å². The van der Waals surface area contributed by atoms with Gasteiger partial charge in [0, 0.05) is 36.8 Å². The maximum absolute atomic E-state index is 13.2. The van der Waals surface area contributed by atoms with E-state index in [4.69, 9.17) is 21.1 Å². The average Bonchev–Trinajstić information content (AvgIpc) is 3.05. The number of amides is 3. The third-order valence-corrected chi connectivity index (χ3v) is 8.34. The van der Waals surface area contributed by atoms with Crippen LogP contribution >= 0.6 is 11.6 Å². The van der Waals surface area contributed by atoms with Crippen LogP contribution in [0, 0.1) is 0 Å². The van der Waals surface area contributed by atoms with E-state index in [0.29, 0.717) is 36.6 Å². The SMILES string of the molecule is O=C(NCCCCNC(=O)c1cc(Cl)ccc1C1CCN(CCN2C(=O)COc3ccccc32)CC1)OCc1ccccc1. The molecule has 0 aromatic heterocycles. The van der Waals surface area contributed by atoms with E-state index in [0.717, 1.165) is 61.5 Å². The number of nitrogens with one attached hydrogen (secondary N) is 2. The van der Waals surface area contributed by atoms with Crippen molar-refractivity contribution in [3.8, 4) is 5.75 Å². The standard InChI is InChI=1S/C34H39ClN4O5/c35-27-12-13-28(26-14-18-38(19-15-26)20-21-39-30-10-4-5-11-31(30)43-24-32(39)40)29(22-27)33(41)36-16-6-7-17-37-34(42)44-23-25-8-2-1-3-9-25/h1-5,8-13,22,26H,6-7,14-21,23-24H2,(H,36,41)(H,37,42). The highest BCUT2D eigenvalue weighted by molar-refractivity contribution is 6.31. The van der Waals surface area contributed by atoms with E-state index in [2.05, 4.69) is 15.5 Å². The number of carbonyl (C=O) groups is 3. The van der Waals surface area contributed by atoms with Gasteiger partial charge < -0.3 is 29.9 Å². The van der Waals surface area contributed by atoms with Gasteiger partial charge in [-0.05, 0) is 80.1 Å². The molecule has 2 aliphatic heterocycles. The molecule has 3 amide bonds. The van der Waals surface area contributed by atoms with Gasteiger partial charge in [-0.3, -0.25) is 9.59 Å². The lowest BCUT2D eigenvalue weighted by Gasteiger charge is -2.35. The molecule has 0 unspecified atom stereocenters. The van der Waals surface area contributed by atoms with E-state index in [-0.39, 0.29) is 30.9 Å². The predicted molar refractivity (Wildman–Crippen MR) is 170 cm³/mol. The van der Waals surface area contributed by atoms with E-state index in [1.165, 1.54) is 0 Å². The summed E-state index contributed by atoms with van der Waals surface area (Å²) >= 11 is 6.30. The molecule has 3 aromatic rings. The van der Waals surface area contributed by atoms with Crippen molar-refractivity contribution in [3.05, 3.63) is 94.5 Å². The zero-order chi connectivity index (χ0) is 30.7. The quantitative estimate of drug-likeness (QED) is 0.264. The molecule has 2 aliphatic rings. The van der Waals surface area contributed by atoms with Crippen LogP contribution in [0.4, 0.5) is 10.5 Å². The minimum atomic E-state index is -0.451. The van der Waals surface area contributed by atoms with E-state index in [1.807, 2.05) is 71.6 Å². The van der Waals surface area contributed by atoms with Gasteiger partial charge in [-0.25, -0.2) is 4.79 Å². The molecule has 0 saturated carbocycles. The van der Waals surface area contributed by atoms with Crippen molar-refractivity contribution in [2.75, 3.05) is 50.8 Å². The molecule has 9 nitrogen and oxygen atoms in total. The lowest BCUT2D eigenvalue weighted by atomic mass is 9.86. The Morgan fingerprint density at radius 2 is 1.64 bits per heavy atom. The molecule has 10 heteroatoms. The number of piperidine rings is 1. The molecule has 0 bridgehead atoms. The Hall–Kier alpha value is -4.08. The molecule has 0 aliphatic carbocycles. The van der Waals surface area contributed by atoms with Gasteiger partial charge in [0.2, 0.25) is 0 Å². The van der Waals surface area contributed by atoms with Crippen LogP contribution in [-0.2, 0) is 16.1 Å². The summed E-state index contributed by atoms with van der Waals surface area (Å²) in [7, 11) is 0. The lowest BCUT2D eigenvalue weighted by molar-refractivity contribution is -0.121. The number of para-hydroxylation sites is 2. The number of ether oxygens (including phenoxy) is 2. The third kappa shape index (κ3) is 8.51. The molecule has 0 spiro atoms. The first-order valence-electron chi connectivity index (χ1n) is 15.2. The van der Waals surface area contributed by atoms with E-state index in [9.17, 15) is 14.4 Å².